The van der Waals surface area contributed by atoms with Crippen LogP contribution in [0.1, 0.15) is 141 Å². The maximum atomic E-state index is 13.6. The Bertz CT molecular complexity index is 1400. The second kappa shape index (κ2) is 11.2. The summed E-state index contributed by atoms with van der Waals surface area (Å²) >= 11 is 0. The minimum Gasteiger partial charge on any atom is -0.478 e. The van der Waals surface area contributed by atoms with Gasteiger partial charge in [-0.1, -0.05) is 65.7 Å². The Hall–Kier alpha value is -2.14. The average Bonchev–Trinajstić information content (AvgIpc) is 3.42. The van der Waals surface area contributed by atoms with Crippen LogP contribution in [-0.4, -0.2) is 46.6 Å². The molecule has 252 valence electrons. The predicted molar refractivity (Wildman–Crippen MR) is 185 cm³/mol. The Morgan fingerprint density at radius 2 is 1.59 bits per heavy atom. The van der Waals surface area contributed by atoms with Crippen LogP contribution >= 0.6 is 0 Å². The summed E-state index contributed by atoms with van der Waals surface area (Å²) in [6.45, 7) is 16.9. The Kier molecular flexibility index (Phi) is 7.90. The number of amides is 1. The highest BCUT2D eigenvalue weighted by Crippen LogP contribution is 2.76. The number of nitrogens with zero attached hydrogens (tertiary/aromatic N) is 1. The standard InChI is InChI=1S/C41H60N2O3/c1-27-10-7-8-25-43(27)26-35(44)42-41-20-9-11-32(41)31-16-17-34-38(4)21-18-30(28-12-14-29(15-13-28)36(45)46)37(2,3)33(38)19-22-40(34,6)39(31,5)23-24-41/h12-15,18,27,31-34H,7-11,16-17,19-26H2,1-6H3,(H,42,44)(H,45,46)/t27?,31-,32?,33?,34?,38+,39-,40-,41+/m1/s1. The van der Waals surface area contributed by atoms with Crippen LogP contribution in [0, 0.1) is 45.3 Å². The lowest BCUT2D eigenvalue weighted by molar-refractivity contribution is -0.217. The van der Waals surface area contributed by atoms with E-state index >= 15 is 0 Å². The van der Waals surface area contributed by atoms with Crippen LogP contribution in [0.3, 0.4) is 0 Å². The second-order valence-corrected chi connectivity index (χ2v) is 18.1. The zero-order valence-corrected chi connectivity index (χ0v) is 29.6. The third kappa shape index (κ3) is 4.71. The molecule has 5 fully saturated rings. The maximum absolute atomic E-state index is 13.6. The molecule has 0 bridgehead atoms. The van der Waals surface area contributed by atoms with Gasteiger partial charge in [-0.15, -0.1) is 0 Å². The molecule has 0 spiro atoms. The van der Waals surface area contributed by atoms with Gasteiger partial charge < -0.3 is 10.4 Å². The van der Waals surface area contributed by atoms with E-state index in [0.29, 0.717) is 52.7 Å². The molecule has 9 atom stereocenters. The summed E-state index contributed by atoms with van der Waals surface area (Å²) in [7, 11) is 0. The summed E-state index contributed by atoms with van der Waals surface area (Å²) in [6.07, 6.45) is 18.6. The lowest BCUT2D eigenvalue weighted by atomic mass is 9.33. The third-order valence-electron chi connectivity index (χ3n) is 16.1. The van der Waals surface area contributed by atoms with Crippen LogP contribution in [0.2, 0.25) is 0 Å². The number of benzene rings is 1. The second-order valence-electron chi connectivity index (χ2n) is 18.1. The number of carboxylic acids is 1. The first-order valence-corrected chi connectivity index (χ1v) is 18.8. The van der Waals surface area contributed by atoms with Crippen molar-refractivity contribution < 1.29 is 14.7 Å². The molecule has 1 aromatic carbocycles. The number of piperidine rings is 1. The summed E-state index contributed by atoms with van der Waals surface area (Å²) in [5, 5.41) is 13.2. The molecule has 1 amide bonds. The van der Waals surface area contributed by atoms with E-state index < -0.39 is 5.97 Å². The number of aromatic carboxylic acids is 1. The van der Waals surface area contributed by atoms with Crippen molar-refractivity contribution in [2.45, 2.75) is 137 Å². The van der Waals surface area contributed by atoms with E-state index in [1.807, 2.05) is 12.1 Å². The van der Waals surface area contributed by atoms with E-state index in [1.54, 1.807) is 12.1 Å². The lowest BCUT2D eigenvalue weighted by Crippen LogP contribution is -2.68. The van der Waals surface area contributed by atoms with Crippen molar-refractivity contribution in [1.29, 1.82) is 0 Å². The largest absolute Gasteiger partial charge is 0.478 e. The molecule has 1 aromatic rings. The molecule has 5 heteroatoms. The van der Waals surface area contributed by atoms with Gasteiger partial charge in [-0.25, -0.2) is 4.79 Å². The van der Waals surface area contributed by atoms with Gasteiger partial charge in [-0.2, -0.15) is 0 Å². The molecule has 5 nitrogen and oxygen atoms in total. The zero-order valence-electron chi connectivity index (χ0n) is 29.6. The number of hydrogen-bond donors (Lipinski definition) is 2. The molecule has 5 aliphatic carbocycles. The number of nitrogens with one attached hydrogen (secondary N) is 1. The molecule has 0 radical (unpaired) electrons. The Morgan fingerprint density at radius 3 is 2.30 bits per heavy atom. The number of likely N-dealkylation sites (tertiary alicyclic amines) is 1. The molecule has 4 saturated carbocycles. The number of allylic oxidation sites excluding steroid dienone is 2. The van der Waals surface area contributed by atoms with Crippen molar-refractivity contribution in [3.63, 3.8) is 0 Å². The first-order valence-electron chi connectivity index (χ1n) is 18.8. The smallest absolute Gasteiger partial charge is 0.335 e. The van der Waals surface area contributed by atoms with Crippen molar-refractivity contribution in [3.05, 3.63) is 41.5 Å². The van der Waals surface area contributed by atoms with Gasteiger partial charge in [0.05, 0.1) is 12.1 Å². The summed E-state index contributed by atoms with van der Waals surface area (Å²) < 4.78 is 0. The van der Waals surface area contributed by atoms with Crippen LogP contribution in [0.5, 0.6) is 0 Å². The monoisotopic (exact) mass is 628 g/mol. The van der Waals surface area contributed by atoms with E-state index in [1.165, 1.54) is 81.8 Å². The fraction of sp³-hybridized carbons (Fsp3) is 0.756. The molecule has 7 rings (SSSR count). The van der Waals surface area contributed by atoms with Crippen LogP contribution in [0.25, 0.3) is 5.57 Å². The molecule has 1 saturated heterocycles. The van der Waals surface area contributed by atoms with Gasteiger partial charge in [0.15, 0.2) is 0 Å². The number of rotatable bonds is 5. The van der Waals surface area contributed by atoms with E-state index in [-0.39, 0.29) is 22.3 Å². The minimum atomic E-state index is -0.862. The summed E-state index contributed by atoms with van der Waals surface area (Å²) in [5.74, 6) is 2.01. The van der Waals surface area contributed by atoms with Crippen LogP contribution in [-0.2, 0) is 4.79 Å². The van der Waals surface area contributed by atoms with E-state index in [4.69, 9.17) is 0 Å². The molecule has 2 N–H and O–H groups in total. The molecule has 4 unspecified atom stereocenters. The highest BCUT2D eigenvalue weighted by molar-refractivity contribution is 5.88. The van der Waals surface area contributed by atoms with E-state index in [9.17, 15) is 14.7 Å². The first kappa shape index (κ1) is 32.4. The number of carbonyl (C=O) groups is 2. The highest BCUT2D eigenvalue weighted by atomic mass is 16.4. The molecule has 6 aliphatic rings. The van der Waals surface area contributed by atoms with Crippen LogP contribution in [0.4, 0.5) is 0 Å². The SMILES string of the molecule is CC1CCCCN1CC(=O)N[C@]12CCCC1[C@H]1CCC3[C@@]4(C)CC=C(c5ccc(C(=O)O)cc5)C(C)(C)C4CC[C@@]3(C)[C@]1(C)CC2. The number of carboxylic acid groups (broad SMARTS) is 1. The molecule has 1 aliphatic heterocycles. The van der Waals surface area contributed by atoms with Gasteiger partial charge in [0, 0.05) is 11.6 Å². The predicted octanol–water partition coefficient (Wildman–Crippen LogP) is 8.98. The fourth-order valence-electron chi connectivity index (χ4n) is 13.6. The summed E-state index contributed by atoms with van der Waals surface area (Å²) in [4.78, 5) is 27.6. The molecule has 1 heterocycles. The van der Waals surface area contributed by atoms with Gasteiger partial charge in [0.1, 0.15) is 0 Å². The molecular formula is C41H60N2O3. The minimum absolute atomic E-state index is 0.00520. The van der Waals surface area contributed by atoms with Crippen molar-refractivity contribution >= 4 is 17.4 Å². The summed E-state index contributed by atoms with van der Waals surface area (Å²) in [6, 6.07) is 8.11. The molecule has 46 heavy (non-hydrogen) atoms. The van der Waals surface area contributed by atoms with Crippen molar-refractivity contribution in [2.24, 2.45) is 45.3 Å². The Morgan fingerprint density at radius 1 is 0.826 bits per heavy atom. The van der Waals surface area contributed by atoms with Crippen LogP contribution in [0.15, 0.2) is 30.3 Å². The number of fused-ring (bicyclic) bond motifs is 7. The zero-order chi connectivity index (χ0) is 32.7. The first-order chi connectivity index (χ1) is 21.8. The lowest BCUT2D eigenvalue weighted by Gasteiger charge is -2.72. The normalized spacial score (nSPS) is 43.3. The van der Waals surface area contributed by atoms with Gasteiger partial charge in [-0.3, -0.25) is 9.69 Å². The highest BCUT2D eigenvalue weighted by Gasteiger charge is 2.69. The van der Waals surface area contributed by atoms with E-state index in [2.05, 4.69) is 57.8 Å². The quantitative estimate of drug-likeness (QED) is 0.342. The topological polar surface area (TPSA) is 69.6 Å². The van der Waals surface area contributed by atoms with Crippen molar-refractivity contribution in [2.75, 3.05) is 13.1 Å². The van der Waals surface area contributed by atoms with Gasteiger partial charge >= 0.3 is 5.97 Å². The summed E-state index contributed by atoms with van der Waals surface area (Å²) in [5.41, 5.74) is 3.82. The van der Waals surface area contributed by atoms with Gasteiger partial charge in [0.25, 0.3) is 0 Å². The number of hydrogen-bond acceptors (Lipinski definition) is 3. The average molecular weight is 629 g/mol. The molecule has 0 aromatic heterocycles. The third-order valence-corrected chi connectivity index (χ3v) is 16.1. The van der Waals surface area contributed by atoms with Crippen LogP contribution < -0.4 is 5.32 Å². The number of carbonyl (C=O) groups excluding carboxylic acids is 1. The van der Waals surface area contributed by atoms with Crippen molar-refractivity contribution in [3.8, 4) is 0 Å². The fourth-order valence-corrected chi connectivity index (χ4v) is 13.6. The van der Waals surface area contributed by atoms with Gasteiger partial charge in [0.2, 0.25) is 5.91 Å². The van der Waals surface area contributed by atoms with Gasteiger partial charge in [-0.05, 0) is 153 Å². The maximum Gasteiger partial charge on any atom is 0.335 e. The molecular weight excluding hydrogens is 568 g/mol. The van der Waals surface area contributed by atoms with E-state index in [0.717, 1.165) is 19.4 Å². The van der Waals surface area contributed by atoms with Crippen molar-refractivity contribution in [1.82, 2.24) is 10.2 Å². The Balaban J connectivity index is 1.13. The Labute approximate surface area is 278 Å².